The van der Waals surface area contributed by atoms with E-state index in [2.05, 4.69) is 23.5 Å². The number of hydrogen-bond acceptors (Lipinski definition) is 2. The maximum absolute atomic E-state index is 12.3. The van der Waals surface area contributed by atoms with Gasteiger partial charge in [-0.2, -0.15) is 0 Å². The first kappa shape index (κ1) is 15.5. The van der Waals surface area contributed by atoms with Crippen LogP contribution in [0.5, 0.6) is 0 Å². The Balaban J connectivity index is 2.33. The fourth-order valence-electron chi connectivity index (χ4n) is 3.04. The van der Waals surface area contributed by atoms with E-state index in [9.17, 15) is 9.59 Å². The summed E-state index contributed by atoms with van der Waals surface area (Å²) in [5, 5.41) is 2.70. The number of carbonyl (C=O) groups is 2. The van der Waals surface area contributed by atoms with Crippen LogP contribution < -0.4 is 5.32 Å². The van der Waals surface area contributed by atoms with Crippen molar-refractivity contribution in [1.29, 1.82) is 0 Å². The largest absolute Gasteiger partial charge is 0.345 e. The van der Waals surface area contributed by atoms with Crippen molar-refractivity contribution in [3.8, 4) is 0 Å². The Morgan fingerprint density at radius 3 is 2.24 bits per heavy atom. The minimum Gasteiger partial charge on any atom is -0.345 e. The van der Waals surface area contributed by atoms with Crippen LogP contribution in [0.2, 0.25) is 0 Å². The van der Waals surface area contributed by atoms with E-state index in [0.29, 0.717) is 6.54 Å². The first-order chi connectivity index (χ1) is 9.68. The Kier molecular flexibility index (Phi) is 4.08. The number of benzene rings is 1. The number of nitrogens with one attached hydrogen (secondary N) is 1. The van der Waals surface area contributed by atoms with Crippen molar-refractivity contribution < 1.29 is 9.59 Å². The van der Waals surface area contributed by atoms with Crippen LogP contribution in [-0.4, -0.2) is 29.3 Å². The second-order valence-corrected chi connectivity index (χ2v) is 7.00. The monoisotopic (exact) mass is 288 g/mol. The summed E-state index contributed by atoms with van der Waals surface area (Å²) in [5.41, 5.74) is 3.13. The molecule has 1 saturated heterocycles. The van der Waals surface area contributed by atoms with Crippen LogP contribution in [0.4, 0.5) is 0 Å². The molecule has 1 aliphatic heterocycles. The highest BCUT2D eigenvalue weighted by Crippen LogP contribution is 2.28. The Hall–Kier alpha value is -1.84. The van der Waals surface area contributed by atoms with E-state index >= 15 is 0 Å². The Morgan fingerprint density at radius 2 is 1.71 bits per heavy atom. The molecule has 1 heterocycles. The Labute approximate surface area is 126 Å². The van der Waals surface area contributed by atoms with Gasteiger partial charge >= 0.3 is 0 Å². The highest BCUT2D eigenvalue weighted by Gasteiger charge is 2.41. The smallest absolute Gasteiger partial charge is 0.243 e. The lowest BCUT2D eigenvalue weighted by atomic mass is 9.83. The van der Waals surface area contributed by atoms with Gasteiger partial charge < -0.3 is 10.2 Å². The average Bonchev–Trinajstić information content (AvgIpc) is 2.31. The van der Waals surface area contributed by atoms with Gasteiger partial charge in [0.15, 0.2) is 0 Å². The van der Waals surface area contributed by atoms with Crippen LogP contribution >= 0.6 is 0 Å². The third-order valence-corrected chi connectivity index (χ3v) is 3.75. The van der Waals surface area contributed by atoms with E-state index in [0.717, 1.165) is 5.56 Å². The molecule has 2 rings (SSSR count). The summed E-state index contributed by atoms with van der Waals surface area (Å²) in [6, 6.07) is 5.83. The summed E-state index contributed by atoms with van der Waals surface area (Å²) in [5.74, 6) is -0.0832. The molecule has 21 heavy (non-hydrogen) atoms. The van der Waals surface area contributed by atoms with Crippen LogP contribution in [-0.2, 0) is 16.1 Å². The van der Waals surface area contributed by atoms with E-state index in [1.165, 1.54) is 11.1 Å². The number of carbonyl (C=O) groups excluding carboxylic acids is 2. The number of amides is 2. The van der Waals surface area contributed by atoms with E-state index in [1.807, 2.05) is 34.6 Å². The zero-order valence-corrected chi connectivity index (χ0v) is 13.5. The molecule has 1 atom stereocenters. The second-order valence-electron chi connectivity index (χ2n) is 7.00. The van der Waals surface area contributed by atoms with Gasteiger partial charge in [0.1, 0.15) is 6.04 Å². The van der Waals surface area contributed by atoms with Crippen LogP contribution in [0.15, 0.2) is 18.2 Å². The number of hydrogen-bond donors (Lipinski definition) is 1. The Bertz CT molecular complexity index is 552. The zero-order chi connectivity index (χ0) is 15.8. The molecule has 1 aromatic carbocycles. The normalized spacial score (nSPS) is 19.7. The summed E-state index contributed by atoms with van der Waals surface area (Å²) < 4.78 is 0. The third kappa shape index (κ3) is 3.43. The van der Waals surface area contributed by atoms with Gasteiger partial charge in [0.05, 0.1) is 6.54 Å². The number of nitrogens with zero attached hydrogens (tertiary/aromatic N) is 1. The van der Waals surface area contributed by atoms with Gasteiger partial charge in [-0.1, -0.05) is 50.1 Å². The molecule has 114 valence electrons. The molecule has 1 fully saturated rings. The SMILES string of the molecule is Cc1cc(C)cc(CN2C(=O)CNC(=O)C2C(C)(C)C)c1. The number of aryl methyl sites for hydroxylation is 2. The molecule has 0 saturated carbocycles. The average molecular weight is 288 g/mol. The van der Waals surface area contributed by atoms with Gasteiger partial charge in [0.25, 0.3) is 0 Å². The molecule has 4 nitrogen and oxygen atoms in total. The lowest BCUT2D eigenvalue weighted by molar-refractivity contribution is -0.150. The van der Waals surface area contributed by atoms with Gasteiger partial charge in [-0.05, 0) is 24.8 Å². The van der Waals surface area contributed by atoms with Crippen LogP contribution in [0, 0.1) is 19.3 Å². The van der Waals surface area contributed by atoms with E-state index in [-0.39, 0.29) is 23.8 Å². The molecule has 0 aromatic heterocycles. The fourth-order valence-corrected chi connectivity index (χ4v) is 3.04. The second kappa shape index (κ2) is 5.51. The van der Waals surface area contributed by atoms with E-state index in [1.54, 1.807) is 4.90 Å². The van der Waals surface area contributed by atoms with Crippen molar-refractivity contribution in [1.82, 2.24) is 10.2 Å². The van der Waals surface area contributed by atoms with Crippen LogP contribution in [0.3, 0.4) is 0 Å². The summed E-state index contributed by atoms with van der Waals surface area (Å²) in [4.78, 5) is 26.2. The van der Waals surface area contributed by atoms with Crippen LogP contribution in [0.25, 0.3) is 0 Å². The highest BCUT2D eigenvalue weighted by molar-refractivity contribution is 5.95. The number of rotatable bonds is 2. The summed E-state index contributed by atoms with van der Waals surface area (Å²) in [6.07, 6.45) is 0. The summed E-state index contributed by atoms with van der Waals surface area (Å²) in [7, 11) is 0. The van der Waals surface area contributed by atoms with Crippen LogP contribution in [0.1, 0.15) is 37.5 Å². The van der Waals surface area contributed by atoms with E-state index in [4.69, 9.17) is 0 Å². The van der Waals surface area contributed by atoms with Gasteiger partial charge in [0, 0.05) is 6.54 Å². The molecule has 0 radical (unpaired) electrons. The molecule has 0 spiro atoms. The van der Waals surface area contributed by atoms with Gasteiger partial charge in [-0.15, -0.1) is 0 Å². The quantitative estimate of drug-likeness (QED) is 0.907. The third-order valence-electron chi connectivity index (χ3n) is 3.75. The highest BCUT2D eigenvalue weighted by atomic mass is 16.2. The zero-order valence-electron chi connectivity index (χ0n) is 13.5. The number of piperazine rings is 1. The van der Waals surface area contributed by atoms with E-state index < -0.39 is 6.04 Å². The van der Waals surface area contributed by atoms with Gasteiger partial charge in [-0.25, -0.2) is 0 Å². The first-order valence-electron chi connectivity index (χ1n) is 7.33. The topological polar surface area (TPSA) is 49.4 Å². The van der Waals surface area contributed by atoms with Crippen molar-refractivity contribution in [2.24, 2.45) is 5.41 Å². The molecular formula is C17H24N2O2. The molecule has 0 aliphatic carbocycles. The van der Waals surface area contributed by atoms with Crippen molar-refractivity contribution in [2.45, 2.75) is 47.2 Å². The predicted molar refractivity (Wildman–Crippen MR) is 82.7 cm³/mol. The molecule has 0 bridgehead atoms. The first-order valence-corrected chi connectivity index (χ1v) is 7.33. The summed E-state index contributed by atoms with van der Waals surface area (Å²) >= 11 is 0. The molecule has 1 N–H and O–H groups in total. The molecule has 1 aromatic rings. The van der Waals surface area contributed by atoms with Crippen molar-refractivity contribution in [2.75, 3.05) is 6.54 Å². The maximum Gasteiger partial charge on any atom is 0.243 e. The maximum atomic E-state index is 12.3. The predicted octanol–water partition coefficient (Wildman–Crippen LogP) is 2.18. The summed E-state index contributed by atoms with van der Waals surface area (Å²) in [6.45, 7) is 10.6. The molecule has 1 unspecified atom stereocenters. The molecular weight excluding hydrogens is 264 g/mol. The standard InChI is InChI=1S/C17H24N2O2/c1-11-6-12(2)8-13(7-11)10-19-14(20)9-18-16(21)15(19)17(3,4)5/h6-8,15H,9-10H2,1-5H3,(H,18,21). The Morgan fingerprint density at radius 1 is 1.14 bits per heavy atom. The minimum absolute atomic E-state index is 0.0197. The molecule has 1 aliphatic rings. The lowest BCUT2D eigenvalue weighted by Gasteiger charge is -2.42. The molecule has 4 heteroatoms. The van der Waals surface area contributed by atoms with Gasteiger partial charge in [0.2, 0.25) is 11.8 Å². The van der Waals surface area contributed by atoms with Crippen molar-refractivity contribution in [3.63, 3.8) is 0 Å². The van der Waals surface area contributed by atoms with Gasteiger partial charge in [-0.3, -0.25) is 9.59 Å². The fraction of sp³-hybridized carbons (Fsp3) is 0.529. The minimum atomic E-state index is -0.431. The molecule has 2 amide bonds. The lowest BCUT2D eigenvalue weighted by Crippen LogP contribution is -2.62. The van der Waals surface area contributed by atoms with Crippen molar-refractivity contribution in [3.05, 3.63) is 34.9 Å². The van der Waals surface area contributed by atoms with Crippen molar-refractivity contribution >= 4 is 11.8 Å².